The smallest absolute Gasteiger partial charge is 0.324 e. The van der Waals surface area contributed by atoms with Gasteiger partial charge in [0.15, 0.2) is 0 Å². The molecule has 0 bridgehead atoms. The first-order chi connectivity index (χ1) is 10.7. The zero-order valence-corrected chi connectivity index (χ0v) is 12.5. The molecule has 114 valence electrons. The lowest BCUT2D eigenvalue weighted by atomic mass is 10.00. The number of rotatable bonds is 4. The van der Waals surface area contributed by atoms with Crippen LogP contribution in [0.1, 0.15) is 18.5 Å². The highest BCUT2D eigenvalue weighted by Gasteiger charge is 2.25. The number of hydrogen-bond donors (Lipinski definition) is 2. The summed E-state index contributed by atoms with van der Waals surface area (Å²) in [6.45, 7) is 3.16. The maximum Gasteiger partial charge on any atom is 0.324 e. The van der Waals surface area contributed by atoms with Crippen molar-refractivity contribution in [2.45, 2.75) is 13.0 Å². The average Bonchev–Trinajstić information content (AvgIpc) is 2.98. The third-order valence-corrected chi connectivity index (χ3v) is 4.01. The van der Waals surface area contributed by atoms with Crippen LogP contribution in [0.25, 0.3) is 10.8 Å². The van der Waals surface area contributed by atoms with Crippen molar-refractivity contribution >= 4 is 22.7 Å². The van der Waals surface area contributed by atoms with Gasteiger partial charge in [0.1, 0.15) is 0 Å². The van der Waals surface area contributed by atoms with Gasteiger partial charge in [0, 0.05) is 19.1 Å². The Hall–Kier alpha value is -2.40. The molecule has 5 nitrogen and oxygen atoms in total. The van der Waals surface area contributed by atoms with E-state index in [1.165, 1.54) is 15.7 Å². The molecule has 22 heavy (non-hydrogen) atoms. The molecule has 0 aliphatic carbocycles. The molecular weight excluding hydrogens is 278 g/mol. The van der Waals surface area contributed by atoms with E-state index < -0.39 is 0 Å². The molecule has 0 saturated carbocycles. The predicted octanol–water partition coefficient (Wildman–Crippen LogP) is 2.04. The Morgan fingerprint density at radius 2 is 2.05 bits per heavy atom. The number of imide groups is 1. The summed E-state index contributed by atoms with van der Waals surface area (Å²) in [5.41, 5.74) is 1.15. The summed E-state index contributed by atoms with van der Waals surface area (Å²) >= 11 is 0. The average molecular weight is 297 g/mol. The number of hydrogen-bond acceptors (Lipinski definition) is 3. The number of amides is 3. The molecule has 2 aromatic carbocycles. The van der Waals surface area contributed by atoms with E-state index in [2.05, 4.69) is 34.9 Å². The Balaban J connectivity index is 1.70. The van der Waals surface area contributed by atoms with Crippen LogP contribution in [0.5, 0.6) is 0 Å². The van der Waals surface area contributed by atoms with Gasteiger partial charge in [-0.3, -0.25) is 9.69 Å². The molecule has 0 unspecified atom stereocenters. The van der Waals surface area contributed by atoms with Crippen molar-refractivity contribution in [3.63, 3.8) is 0 Å². The molecule has 3 rings (SSSR count). The van der Waals surface area contributed by atoms with Gasteiger partial charge >= 0.3 is 6.03 Å². The van der Waals surface area contributed by atoms with Gasteiger partial charge in [-0.25, -0.2) is 4.79 Å². The van der Waals surface area contributed by atoms with Gasteiger partial charge in [-0.15, -0.1) is 0 Å². The topological polar surface area (TPSA) is 61.4 Å². The van der Waals surface area contributed by atoms with Crippen molar-refractivity contribution in [1.82, 2.24) is 15.5 Å². The van der Waals surface area contributed by atoms with Gasteiger partial charge in [0.05, 0.1) is 6.54 Å². The fraction of sp³-hybridized carbons (Fsp3) is 0.294. The van der Waals surface area contributed by atoms with Gasteiger partial charge < -0.3 is 10.6 Å². The van der Waals surface area contributed by atoms with E-state index in [0.29, 0.717) is 13.1 Å². The van der Waals surface area contributed by atoms with Gasteiger partial charge in [0.25, 0.3) is 0 Å². The van der Waals surface area contributed by atoms with Crippen molar-refractivity contribution in [3.05, 3.63) is 48.0 Å². The maximum atomic E-state index is 12.1. The minimum absolute atomic E-state index is 0.0284. The van der Waals surface area contributed by atoms with Gasteiger partial charge in [0.2, 0.25) is 5.91 Å². The standard InChI is InChI=1S/C17H19N3O2/c1-12(19-11-16(21)20-10-9-18-17(20)22)14-8-4-6-13-5-2-3-7-15(13)14/h2-8,12,19H,9-11H2,1H3,(H,18,22)/t12-/m0/s1. The lowest BCUT2D eigenvalue weighted by molar-refractivity contribution is -0.126. The monoisotopic (exact) mass is 297 g/mol. The first kappa shape index (κ1) is 14.5. The van der Waals surface area contributed by atoms with E-state index in [9.17, 15) is 9.59 Å². The van der Waals surface area contributed by atoms with Crippen LogP contribution >= 0.6 is 0 Å². The second-order valence-electron chi connectivity index (χ2n) is 5.45. The van der Waals surface area contributed by atoms with Gasteiger partial charge in [-0.2, -0.15) is 0 Å². The molecular formula is C17H19N3O2. The van der Waals surface area contributed by atoms with Crippen LogP contribution in [0, 0.1) is 0 Å². The van der Waals surface area contributed by atoms with E-state index >= 15 is 0 Å². The zero-order valence-electron chi connectivity index (χ0n) is 12.5. The molecule has 3 amide bonds. The molecule has 0 radical (unpaired) electrons. The second kappa shape index (κ2) is 6.15. The number of urea groups is 1. The SMILES string of the molecule is C[C@H](NCC(=O)N1CCNC1=O)c1cccc2ccccc12. The van der Waals surface area contributed by atoms with Gasteiger partial charge in [-0.1, -0.05) is 42.5 Å². The Labute approximate surface area is 129 Å². The molecule has 1 aliphatic rings. The third kappa shape index (κ3) is 2.80. The van der Waals surface area contributed by atoms with Gasteiger partial charge in [-0.05, 0) is 23.3 Å². The number of benzene rings is 2. The molecule has 1 aliphatic heterocycles. The van der Waals surface area contributed by atoms with E-state index in [1.807, 2.05) is 25.1 Å². The Kier molecular flexibility index (Phi) is 4.06. The van der Waals surface area contributed by atoms with E-state index in [1.54, 1.807) is 0 Å². The minimum atomic E-state index is -0.301. The number of nitrogens with one attached hydrogen (secondary N) is 2. The minimum Gasteiger partial charge on any atom is -0.336 e. The summed E-state index contributed by atoms with van der Waals surface area (Å²) in [5, 5.41) is 8.21. The van der Waals surface area contributed by atoms with Crippen LogP contribution in [0.2, 0.25) is 0 Å². The highest BCUT2D eigenvalue weighted by molar-refractivity contribution is 5.96. The third-order valence-electron chi connectivity index (χ3n) is 4.01. The van der Waals surface area contributed by atoms with Crippen molar-refractivity contribution in [1.29, 1.82) is 0 Å². The fourth-order valence-corrected chi connectivity index (χ4v) is 2.78. The number of carbonyl (C=O) groups is 2. The normalized spacial score (nSPS) is 15.9. The number of carbonyl (C=O) groups excluding carboxylic acids is 2. The highest BCUT2D eigenvalue weighted by atomic mass is 16.2. The molecule has 0 spiro atoms. The van der Waals surface area contributed by atoms with Crippen molar-refractivity contribution in [2.24, 2.45) is 0 Å². The molecule has 1 fully saturated rings. The molecule has 1 saturated heterocycles. The molecule has 1 atom stereocenters. The van der Waals surface area contributed by atoms with Crippen molar-refractivity contribution in [3.8, 4) is 0 Å². The van der Waals surface area contributed by atoms with Crippen LogP contribution in [0.4, 0.5) is 4.79 Å². The summed E-state index contributed by atoms with van der Waals surface area (Å²) in [6.07, 6.45) is 0. The van der Waals surface area contributed by atoms with Crippen LogP contribution in [0.15, 0.2) is 42.5 Å². The number of nitrogens with zero attached hydrogens (tertiary/aromatic N) is 1. The Morgan fingerprint density at radius 3 is 2.82 bits per heavy atom. The zero-order chi connectivity index (χ0) is 15.5. The van der Waals surface area contributed by atoms with Crippen molar-refractivity contribution in [2.75, 3.05) is 19.6 Å². The summed E-state index contributed by atoms with van der Waals surface area (Å²) in [5.74, 6) is -0.193. The van der Waals surface area contributed by atoms with Crippen LogP contribution in [0.3, 0.4) is 0 Å². The van der Waals surface area contributed by atoms with Crippen molar-refractivity contribution < 1.29 is 9.59 Å². The first-order valence-corrected chi connectivity index (χ1v) is 7.46. The summed E-state index contributed by atoms with van der Waals surface area (Å²) in [7, 11) is 0. The summed E-state index contributed by atoms with van der Waals surface area (Å²) in [6, 6.07) is 14.1. The molecule has 2 N–H and O–H groups in total. The predicted molar refractivity (Wildman–Crippen MR) is 85.5 cm³/mol. The molecule has 2 aromatic rings. The second-order valence-corrected chi connectivity index (χ2v) is 5.45. The Morgan fingerprint density at radius 1 is 1.27 bits per heavy atom. The maximum absolute atomic E-state index is 12.1. The van der Waals surface area contributed by atoms with E-state index in [4.69, 9.17) is 0 Å². The highest BCUT2D eigenvalue weighted by Crippen LogP contribution is 2.23. The van der Waals surface area contributed by atoms with E-state index in [0.717, 1.165) is 5.56 Å². The lowest BCUT2D eigenvalue weighted by Gasteiger charge is -2.18. The lowest BCUT2D eigenvalue weighted by Crippen LogP contribution is -2.40. The van der Waals surface area contributed by atoms with Crippen LogP contribution in [-0.4, -0.2) is 36.5 Å². The molecule has 5 heteroatoms. The summed E-state index contributed by atoms with van der Waals surface area (Å²) < 4.78 is 0. The fourth-order valence-electron chi connectivity index (χ4n) is 2.78. The van der Waals surface area contributed by atoms with Crippen LogP contribution < -0.4 is 10.6 Å². The Bertz CT molecular complexity index is 709. The van der Waals surface area contributed by atoms with E-state index in [-0.39, 0.29) is 24.5 Å². The van der Waals surface area contributed by atoms with Crippen LogP contribution in [-0.2, 0) is 4.79 Å². The quantitative estimate of drug-likeness (QED) is 0.908. The molecule has 1 heterocycles. The largest absolute Gasteiger partial charge is 0.336 e. The number of fused-ring (bicyclic) bond motifs is 1. The first-order valence-electron chi connectivity index (χ1n) is 7.46. The molecule has 0 aromatic heterocycles. The summed E-state index contributed by atoms with van der Waals surface area (Å²) in [4.78, 5) is 24.8.